The number of aromatic nitrogens is 6. The average Bonchev–Trinajstić information content (AvgIpc) is 3.71. The van der Waals surface area contributed by atoms with Crippen LogP contribution in [-0.4, -0.2) is 72.9 Å². The van der Waals surface area contributed by atoms with E-state index in [2.05, 4.69) is 30.1 Å². The first-order valence-corrected chi connectivity index (χ1v) is 12.2. The molecule has 0 spiro atoms. The average molecular weight is 517 g/mol. The first-order valence-electron chi connectivity index (χ1n) is 11.8. The van der Waals surface area contributed by atoms with E-state index in [0.29, 0.717) is 40.3 Å². The van der Waals surface area contributed by atoms with Gasteiger partial charge in [-0.25, -0.2) is 9.97 Å². The molecule has 2 saturated heterocycles. The van der Waals surface area contributed by atoms with Crippen molar-refractivity contribution in [2.45, 2.75) is 24.4 Å². The number of nitrogens with one attached hydrogen (secondary N) is 2. The van der Waals surface area contributed by atoms with Crippen LogP contribution in [0, 0.1) is 0 Å². The van der Waals surface area contributed by atoms with Gasteiger partial charge >= 0.3 is 0 Å². The Kier molecular flexibility index (Phi) is 5.40. The van der Waals surface area contributed by atoms with Crippen LogP contribution in [0.15, 0.2) is 60.9 Å². The second kappa shape index (κ2) is 8.93. The number of aliphatic hydroxyl groups excluding tert-OH is 1. The minimum Gasteiger partial charge on any atom is -0.456 e. The van der Waals surface area contributed by atoms with Crippen molar-refractivity contribution in [2.75, 3.05) is 13.2 Å². The van der Waals surface area contributed by atoms with E-state index in [4.69, 9.17) is 25.8 Å². The van der Waals surface area contributed by atoms with Gasteiger partial charge in [-0.05, 0) is 17.2 Å². The zero-order valence-electron chi connectivity index (χ0n) is 19.3. The van der Waals surface area contributed by atoms with Gasteiger partial charge in [0, 0.05) is 11.1 Å². The lowest BCUT2D eigenvalue weighted by atomic mass is 10.0. The van der Waals surface area contributed by atoms with Gasteiger partial charge in [0.15, 0.2) is 17.6 Å². The minimum atomic E-state index is -0.637. The molecule has 7 rings (SSSR count). The maximum absolute atomic E-state index is 9.94. The lowest BCUT2D eigenvalue weighted by molar-refractivity contribution is 0.00706. The fourth-order valence-electron chi connectivity index (χ4n) is 4.82. The smallest absolute Gasteiger partial charge is 0.296 e. The second-order valence-corrected chi connectivity index (χ2v) is 9.44. The number of rotatable bonds is 5. The number of hydrogen-bond acceptors (Lipinski definition) is 8. The Labute approximate surface area is 215 Å². The summed E-state index contributed by atoms with van der Waals surface area (Å²) in [7, 11) is 0. The second-order valence-electron chi connectivity index (χ2n) is 9.03. The summed E-state index contributed by atoms with van der Waals surface area (Å²) < 4.78 is 17.2. The molecule has 37 heavy (non-hydrogen) atoms. The summed E-state index contributed by atoms with van der Waals surface area (Å²) in [5.74, 6) is 0.663. The minimum absolute atomic E-state index is 0.239. The van der Waals surface area contributed by atoms with Crippen LogP contribution in [0.4, 0.5) is 0 Å². The Balaban J connectivity index is 1.11. The Morgan fingerprint density at radius 3 is 2.32 bits per heavy atom. The largest absolute Gasteiger partial charge is 0.456 e. The van der Waals surface area contributed by atoms with E-state index in [9.17, 15) is 5.11 Å². The van der Waals surface area contributed by atoms with Crippen molar-refractivity contribution in [3.05, 3.63) is 65.9 Å². The fraction of sp³-hybridized carbons (Fsp3) is 0.231. The highest BCUT2D eigenvalue weighted by Gasteiger charge is 2.48. The molecule has 4 atom stereocenters. The number of hydrogen-bond donors (Lipinski definition) is 3. The zero-order valence-corrected chi connectivity index (χ0v) is 20.1. The molecule has 11 heteroatoms. The van der Waals surface area contributed by atoms with Gasteiger partial charge in [-0.3, -0.25) is 5.10 Å². The van der Waals surface area contributed by atoms with Gasteiger partial charge in [0.1, 0.15) is 24.6 Å². The normalized spacial score (nSPS) is 23.0. The Morgan fingerprint density at radius 1 is 0.892 bits per heavy atom. The van der Waals surface area contributed by atoms with Crippen molar-refractivity contribution < 1.29 is 19.3 Å². The van der Waals surface area contributed by atoms with Crippen molar-refractivity contribution in [1.29, 1.82) is 0 Å². The fourth-order valence-corrected chi connectivity index (χ4v) is 5.08. The van der Waals surface area contributed by atoms with Gasteiger partial charge < -0.3 is 24.3 Å². The molecule has 5 aromatic rings. The van der Waals surface area contributed by atoms with E-state index in [1.807, 2.05) is 48.5 Å². The van der Waals surface area contributed by atoms with Crippen molar-refractivity contribution in [2.24, 2.45) is 0 Å². The summed E-state index contributed by atoms with van der Waals surface area (Å²) in [6.45, 7) is 0.556. The van der Waals surface area contributed by atoms with Gasteiger partial charge in [0.05, 0.1) is 29.4 Å². The van der Waals surface area contributed by atoms with Gasteiger partial charge in [-0.1, -0.05) is 60.1 Å². The highest BCUT2D eigenvalue weighted by molar-refractivity contribution is 6.33. The van der Waals surface area contributed by atoms with Crippen LogP contribution >= 0.6 is 11.6 Å². The number of benzene rings is 2. The number of aliphatic hydroxyl groups is 1. The van der Waals surface area contributed by atoms with Crippen molar-refractivity contribution >= 4 is 22.8 Å². The van der Waals surface area contributed by atoms with Gasteiger partial charge in [-0.2, -0.15) is 10.1 Å². The molecule has 2 aromatic carbocycles. The highest BCUT2D eigenvalue weighted by Crippen LogP contribution is 2.33. The monoisotopic (exact) mass is 516 g/mol. The number of aromatic amines is 2. The zero-order chi connectivity index (χ0) is 24.9. The lowest BCUT2D eigenvalue weighted by Gasteiger charge is -2.15. The van der Waals surface area contributed by atoms with Crippen LogP contribution in [0.25, 0.3) is 44.9 Å². The number of halogens is 1. The van der Waals surface area contributed by atoms with E-state index in [1.165, 1.54) is 0 Å². The lowest BCUT2D eigenvalue weighted by Crippen LogP contribution is -2.34. The van der Waals surface area contributed by atoms with Crippen LogP contribution in [0.5, 0.6) is 6.01 Å². The van der Waals surface area contributed by atoms with E-state index in [0.717, 1.165) is 22.3 Å². The summed E-state index contributed by atoms with van der Waals surface area (Å²) in [5.41, 5.74) is 5.74. The molecule has 10 nitrogen and oxygen atoms in total. The third kappa shape index (κ3) is 4.04. The van der Waals surface area contributed by atoms with Crippen LogP contribution < -0.4 is 4.74 Å². The number of ether oxygens (including phenoxy) is 3. The Bertz CT molecular complexity index is 1560. The molecule has 3 aromatic heterocycles. The summed E-state index contributed by atoms with van der Waals surface area (Å²) in [4.78, 5) is 16.5. The molecule has 5 heterocycles. The number of pyridine rings is 1. The first kappa shape index (κ1) is 22.4. The highest BCUT2D eigenvalue weighted by atomic mass is 35.5. The van der Waals surface area contributed by atoms with Gasteiger partial charge in [0.2, 0.25) is 0 Å². The van der Waals surface area contributed by atoms with Crippen molar-refractivity contribution in [3.8, 4) is 39.8 Å². The van der Waals surface area contributed by atoms with Gasteiger partial charge in [0.25, 0.3) is 6.01 Å². The van der Waals surface area contributed by atoms with Crippen LogP contribution in [0.1, 0.15) is 0 Å². The molecule has 2 fully saturated rings. The number of H-pyrrole nitrogens is 2. The quantitative estimate of drug-likeness (QED) is 0.323. The van der Waals surface area contributed by atoms with E-state index >= 15 is 0 Å². The van der Waals surface area contributed by atoms with Crippen LogP contribution in [-0.2, 0) is 9.47 Å². The van der Waals surface area contributed by atoms with Crippen molar-refractivity contribution in [3.63, 3.8) is 0 Å². The molecular formula is C26H21ClN6O4. The number of fused-ring (bicyclic) bond motifs is 2. The molecule has 2 aliphatic heterocycles. The molecule has 0 amide bonds. The molecule has 186 valence electrons. The Morgan fingerprint density at radius 2 is 1.59 bits per heavy atom. The molecule has 0 bridgehead atoms. The number of nitrogens with zero attached hydrogens (tertiary/aromatic N) is 4. The Hall–Kier alpha value is -3.83. The van der Waals surface area contributed by atoms with E-state index in [-0.39, 0.29) is 24.9 Å². The third-order valence-electron chi connectivity index (χ3n) is 6.70. The predicted octanol–water partition coefficient (Wildman–Crippen LogP) is 3.64. The van der Waals surface area contributed by atoms with E-state index in [1.54, 1.807) is 12.4 Å². The SMILES string of the molecule is O[C@@H]1CO[C@H]2[C@@H]1OC[C@H]2Oc1nc2nc(-c3ccc(-c4ccc(-c5nc[nH]n5)cc4)cc3)c(Cl)cc2[nH]1. The topological polar surface area (TPSA) is 131 Å². The first-order chi connectivity index (χ1) is 18.1. The van der Waals surface area contributed by atoms with Crippen LogP contribution in [0.3, 0.4) is 0 Å². The molecule has 0 unspecified atom stereocenters. The summed E-state index contributed by atoms with van der Waals surface area (Å²) in [6, 6.07) is 18.2. The standard InChI is InChI=1S/C26H21ClN6O4/c27-17-9-18-25(32-26(30-18)37-20-11-36-22-19(34)10-35-23(20)22)31-21(17)15-5-1-13(2-6-15)14-3-7-16(8-4-14)24-28-12-29-33-24/h1-9,12,19-20,22-23,34H,10-11H2,(H,28,29,33)(H,30,31,32)/t19-,20-,22-,23-/m1/s1. The molecular weight excluding hydrogens is 496 g/mol. The summed E-state index contributed by atoms with van der Waals surface area (Å²) in [6.07, 6.45) is -0.141. The third-order valence-corrected chi connectivity index (χ3v) is 6.99. The molecule has 2 aliphatic rings. The van der Waals surface area contributed by atoms with Gasteiger partial charge in [-0.15, -0.1) is 0 Å². The summed E-state index contributed by atoms with van der Waals surface area (Å²) in [5, 5.41) is 17.3. The predicted molar refractivity (Wildman–Crippen MR) is 135 cm³/mol. The van der Waals surface area contributed by atoms with Crippen LogP contribution in [0.2, 0.25) is 5.02 Å². The maximum atomic E-state index is 9.94. The summed E-state index contributed by atoms with van der Waals surface area (Å²) >= 11 is 6.60. The molecule has 0 radical (unpaired) electrons. The van der Waals surface area contributed by atoms with E-state index < -0.39 is 6.10 Å². The molecule has 0 aliphatic carbocycles. The number of imidazole rings is 1. The van der Waals surface area contributed by atoms with Crippen molar-refractivity contribution in [1.82, 2.24) is 30.1 Å². The molecule has 0 saturated carbocycles. The molecule has 3 N–H and O–H groups in total. The maximum Gasteiger partial charge on any atom is 0.296 e.